The number of amides is 2. The molecule has 1 unspecified atom stereocenters. The largest absolute Gasteiger partial charge is 0.389 e. The van der Waals surface area contributed by atoms with Gasteiger partial charge in [-0.05, 0) is 24.3 Å². The maximum Gasteiger partial charge on any atom is 0.261 e. The Morgan fingerprint density at radius 2 is 1.50 bits per heavy atom. The molecule has 0 spiro atoms. The van der Waals surface area contributed by atoms with Gasteiger partial charge < -0.3 is 5.11 Å². The first kappa shape index (κ1) is 16.2. The molecule has 0 saturated heterocycles. The second-order valence-electron chi connectivity index (χ2n) is 6.14. The number of benzene rings is 2. The Balaban J connectivity index is 1.54. The molecule has 7 heteroatoms. The summed E-state index contributed by atoms with van der Waals surface area (Å²) in [5, 5.41) is 10.8. The minimum absolute atomic E-state index is 0.0654. The molecule has 0 aliphatic carbocycles. The summed E-state index contributed by atoms with van der Waals surface area (Å²) in [5.74, 6) is -0.873. The minimum atomic E-state index is -1.09. The van der Waals surface area contributed by atoms with Crippen molar-refractivity contribution >= 4 is 22.7 Å². The zero-order valence-corrected chi connectivity index (χ0v) is 13.7. The summed E-state index contributed by atoms with van der Waals surface area (Å²) >= 11 is 0. The number of aromatic nitrogens is 2. The fraction of sp³-hybridized carbons (Fsp3) is 0.158. The molecule has 26 heavy (non-hydrogen) atoms. The molecule has 1 aliphatic rings. The van der Waals surface area contributed by atoms with Crippen LogP contribution in [0.25, 0.3) is 10.9 Å². The number of fused-ring (bicyclic) bond motifs is 2. The van der Waals surface area contributed by atoms with E-state index in [2.05, 4.69) is 4.98 Å². The summed E-state index contributed by atoms with van der Waals surface area (Å²) in [6.07, 6.45) is 0.272. The van der Waals surface area contributed by atoms with Crippen LogP contribution in [0.3, 0.4) is 0 Å². The molecule has 2 aromatic carbocycles. The predicted octanol–water partition coefficient (Wildman–Crippen LogP) is 1.05. The number of nitrogens with zero attached hydrogens (tertiary/aromatic N) is 3. The van der Waals surface area contributed by atoms with Crippen molar-refractivity contribution in [3.63, 3.8) is 0 Å². The molecule has 4 rings (SSSR count). The number of rotatable bonds is 4. The van der Waals surface area contributed by atoms with Gasteiger partial charge in [-0.1, -0.05) is 24.3 Å². The topological polar surface area (TPSA) is 92.5 Å². The van der Waals surface area contributed by atoms with E-state index in [-0.39, 0.29) is 18.6 Å². The molecular weight excluding hydrogens is 334 g/mol. The zero-order chi connectivity index (χ0) is 18.3. The highest BCUT2D eigenvalue weighted by molar-refractivity contribution is 6.21. The van der Waals surface area contributed by atoms with Crippen molar-refractivity contribution in [2.45, 2.75) is 12.6 Å². The van der Waals surface area contributed by atoms with Gasteiger partial charge in [0.15, 0.2) is 0 Å². The van der Waals surface area contributed by atoms with Crippen LogP contribution in [-0.2, 0) is 6.54 Å². The lowest BCUT2D eigenvalue weighted by Gasteiger charge is -2.19. The van der Waals surface area contributed by atoms with Crippen LogP contribution in [0.5, 0.6) is 0 Å². The summed E-state index contributed by atoms with van der Waals surface area (Å²) in [6.45, 7) is -0.254. The number of aliphatic hydroxyl groups excluding tert-OH is 1. The monoisotopic (exact) mass is 349 g/mol. The first-order valence-corrected chi connectivity index (χ1v) is 8.14. The normalized spacial score (nSPS) is 14.7. The first-order valence-electron chi connectivity index (χ1n) is 8.14. The van der Waals surface area contributed by atoms with E-state index in [1.807, 2.05) is 0 Å². The number of hydrogen-bond acceptors (Lipinski definition) is 5. The molecule has 2 heterocycles. The van der Waals surface area contributed by atoms with E-state index < -0.39 is 17.9 Å². The van der Waals surface area contributed by atoms with Crippen LogP contribution in [-0.4, -0.2) is 44.0 Å². The lowest BCUT2D eigenvalue weighted by Crippen LogP contribution is -2.40. The maximum absolute atomic E-state index is 12.5. The quantitative estimate of drug-likeness (QED) is 0.711. The van der Waals surface area contributed by atoms with Crippen molar-refractivity contribution < 1.29 is 14.7 Å². The Morgan fingerprint density at radius 1 is 0.885 bits per heavy atom. The first-order chi connectivity index (χ1) is 12.6. The lowest BCUT2D eigenvalue weighted by atomic mass is 10.1. The molecule has 0 radical (unpaired) electrons. The van der Waals surface area contributed by atoms with Gasteiger partial charge in [0.05, 0.1) is 47.6 Å². The Morgan fingerprint density at radius 3 is 2.19 bits per heavy atom. The molecule has 1 aromatic heterocycles. The molecule has 7 nitrogen and oxygen atoms in total. The van der Waals surface area contributed by atoms with Crippen LogP contribution in [0.1, 0.15) is 20.7 Å². The molecule has 0 bridgehead atoms. The van der Waals surface area contributed by atoms with Gasteiger partial charge in [-0.3, -0.25) is 23.9 Å². The highest BCUT2D eigenvalue weighted by Gasteiger charge is 2.36. The third-order valence-electron chi connectivity index (χ3n) is 4.41. The van der Waals surface area contributed by atoms with E-state index in [1.165, 1.54) is 10.9 Å². The molecule has 3 aromatic rings. The summed E-state index contributed by atoms with van der Waals surface area (Å²) in [5.41, 5.74) is 0.948. The number of imide groups is 1. The van der Waals surface area contributed by atoms with Gasteiger partial charge in [0.25, 0.3) is 17.4 Å². The molecule has 0 fully saturated rings. The second kappa shape index (κ2) is 6.20. The van der Waals surface area contributed by atoms with Crippen LogP contribution < -0.4 is 5.56 Å². The Kier molecular flexibility index (Phi) is 3.85. The molecule has 1 aliphatic heterocycles. The standard InChI is InChI=1S/C19H15N3O4/c23-12(9-21-11-20-16-8-4-3-7-15(16)17(21)24)10-22-18(25)13-5-1-2-6-14(13)19(22)26/h1-8,11-12,23H,9-10H2. The van der Waals surface area contributed by atoms with E-state index >= 15 is 0 Å². The van der Waals surface area contributed by atoms with Gasteiger partial charge in [0, 0.05) is 0 Å². The molecule has 1 atom stereocenters. The van der Waals surface area contributed by atoms with E-state index in [4.69, 9.17) is 0 Å². The fourth-order valence-electron chi connectivity index (χ4n) is 3.14. The summed E-state index contributed by atoms with van der Waals surface area (Å²) in [4.78, 5) is 42.4. The van der Waals surface area contributed by atoms with Crippen molar-refractivity contribution in [3.8, 4) is 0 Å². The van der Waals surface area contributed by atoms with Crippen molar-refractivity contribution in [3.05, 3.63) is 76.3 Å². The zero-order valence-electron chi connectivity index (χ0n) is 13.7. The van der Waals surface area contributed by atoms with Crippen molar-refractivity contribution in [1.82, 2.24) is 14.5 Å². The third-order valence-corrected chi connectivity index (χ3v) is 4.41. The second-order valence-corrected chi connectivity index (χ2v) is 6.14. The van der Waals surface area contributed by atoms with E-state index in [0.717, 1.165) is 4.90 Å². The smallest absolute Gasteiger partial charge is 0.261 e. The molecular formula is C19H15N3O4. The summed E-state index contributed by atoms with van der Waals surface area (Å²) in [6, 6.07) is 13.5. The molecule has 0 saturated carbocycles. The third kappa shape index (κ3) is 2.58. The average molecular weight is 349 g/mol. The van der Waals surface area contributed by atoms with E-state index in [9.17, 15) is 19.5 Å². The van der Waals surface area contributed by atoms with Crippen LogP contribution in [0.4, 0.5) is 0 Å². The van der Waals surface area contributed by atoms with Gasteiger partial charge in [0.1, 0.15) is 0 Å². The van der Waals surface area contributed by atoms with Gasteiger partial charge in [-0.25, -0.2) is 4.98 Å². The summed E-state index contributed by atoms with van der Waals surface area (Å²) in [7, 11) is 0. The molecule has 130 valence electrons. The maximum atomic E-state index is 12.5. The van der Waals surface area contributed by atoms with Crippen LogP contribution >= 0.6 is 0 Å². The Labute approximate surface area is 148 Å². The number of para-hydroxylation sites is 1. The van der Waals surface area contributed by atoms with E-state index in [0.29, 0.717) is 22.0 Å². The van der Waals surface area contributed by atoms with Gasteiger partial charge in [-0.2, -0.15) is 0 Å². The van der Waals surface area contributed by atoms with Crippen molar-refractivity contribution in [1.29, 1.82) is 0 Å². The number of β-amino-alcohol motifs (C(OH)–C–C–N with tert-alkyl or cyclic N) is 1. The van der Waals surface area contributed by atoms with Crippen molar-refractivity contribution in [2.75, 3.05) is 6.54 Å². The summed E-state index contributed by atoms with van der Waals surface area (Å²) < 4.78 is 1.28. The minimum Gasteiger partial charge on any atom is -0.389 e. The van der Waals surface area contributed by atoms with Crippen molar-refractivity contribution in [2.24, 2.45) is 0 Å². The number of carbonyl (C=O) groups excluding carboxylic acids is 2. The van der Waals surface area contributed by atoms with Crippen LogP contribution in [0.2, 0.25) is 0 Å². The van der Waals surface area contributed by atoms with Crippen LogP contribution in [0, 0.1) is 0 Å². The highest BCUT2D eigenvalue weighted by Crippen LogP contribution is 2.22. The fourth-order valence-corrected chi connectivity index (χ4v) is 3.14. The predicted molar refractivity (Wildman–Crippen MR) is 93.8 cm³/mol. The van der Waals surface area contributed by atoms with Gasteiger partial charge in [-0.15, -0.1) is 0 Å². The number of carbonyl (C=O) groups is 2. The van der Waals surface area contributed by atoms with Gasteiger partial charge >= 0.3 is 0 Å². The highest BCUT2D eigenvalue weighted by atomic mass is 16.3. The van der Waals surface area contributed by atoms with Gasteiger partial charge in [0.2, 0.25) is 0 Å². The SMILES string of the molecule is O=C1c2ccccc2C(=O)N1CC(O)Cn1cnc2ccccc2c1=O. The lowest BCUT2D eigenvalue weighted by molar-refractivity contribution is 0.0519. The molecule has 2 amide bonds. The average Bonchev–Trinajstić information content (AvgIpc) is 2.89. The number of hydrogen-bond donors (Lipinski definition) is 1. The molecule has 1 N–H and O–H groups in total. The van der Waals surface area contributed by atoms with E-state index in [1.54, 1.807) is 48.5 Å². The Hall–Kier alpha value is -3.32. The Bertz CT molecular complexity index is 1050. The number of aliphatic hydroxyl groups is 1. The van der Waals surface area contributed by atoms with Crippen LogP contribution in [0.15, 0.2) is 59.7 Å².